The van der Waals surface area contributed by atoms with Gasteiger partial charge in [-0.2, -0.15) is 4.40 Å². The molecular weight excluding hydrogens is 307 g/mol. The van der Waals surface area contributed by atoms with Crippen LogP contribution in [-0.4, -0.2) is 5.29 Å². The zero-order chi connectivity index (χ0) is 14.4. The van der Waals surface area contributed by atoms with Crippen molar-refractivity contribution >= 4 is 34.5 Å². The largest absolute Gasteiger partial charge is 0.328 e. The number of nitrogens with zero attached hydrogens (tertiary/aromatic N) is 1. The summed E-state index contributed by atoms with van der Waals surface area (Å²) in [5.41, 5.74) is 3.68. The Balaban J connectivity index is 1.91. The van der Waals surface area contributed by atoms with Crippen molar-refractivity contribution < 1.29 is 4.39 Å². The summed E-state index contributed by atoms with van der Waals surface area (Å²) in [5.74, 6) is 0.230. The van der Waals surface area contributed by atoms with E-state index in [0.29, 0.717) is 11.2 Å². The lowest BCUT2D eigenvalue weighted by Crippen LogP contribution is -2.09. The second-order valence-corrected chi connectivity index (χ2v) is 6.42. The first kappa shape index (κ1) is 13.2. The standard InChI is InChI=1S/C16H12ClFN2S/c17-16-19-15-11(4-2-6-13(15)21-20-16)10-3-1-5-12(18)14(10)9-7-8-9/h1-6,9H,7-8H2,(H,19,20). The van der Waals surface area contributed by atoms with Crippen LogP contribution in [0.1, 0.15) is 24.3 Å². The van der Waals surface area contributed by atoms with Gasteiger partial charge in [-0.15, -0.1) is 0 Å². The lowest BCUT2D eigenvalue weighted by atomic mass is 9.95. The highest BCUT2D eigenvalue weighted by atomic mass is 35.5. The van der Waals surface area contributed by atoms with Crippen molar-refractivity contribution in [3.63, 3.8) is 0 Å². The number of rotatable bonds is 2. The molecule has 0 amide bonds. The third-order valence-electron chi connectivity index (χ3n) is 3.81. The molecule has 1 fully saturated rings. The summed E-state index contributed by atoms with van der Waals surface area (Å²) in [6.45, 7) is 0. The minimum absolute atomic E-state index is 0.115. The minimum Gasteiger partial charge on any atom is -0.328 e. The molecule has 2 aromatic rings. The van der Waals surface area contributed by atoms with Crippen LogP contribution in [-0.2, 0) is 0 Å². The molecule has 0 saturated heterocycles. The third kappa shape index (κ3) is 2.32. The van der Waals surface area contributed by atoms with Gasteiger partial charge in [-0.3, -0.25) is 0 Å². The number of hydrogen-bond donors (Lipinski definition) is 1. The Hall–Kier alpha value is -1.52. The molecule has 5 heteroatoms. The molecule has 1 N–H and O–H groups in total. The van der Waals surface area contributed by atoms with E-state index in [9.17, 15) is 4.39 Å². The average molecular weight is 319 g/mol. The van der Waals surface area contributed by atoms with Crippen molar-refractivity contribution in [1.29, 1.82) is 0 Å². The highest BCUT2D eigenvalue weighted by molar-refractivity contribution is 7.98. The fourth-order valence-electron chi connectivity index (χ4n) is 2.73. The molecule has 1 saturated carbocycles. The predicted molar refractivity (Wildman–Crippen MR) is 86.6 cm³/mol. The summed E-state index contributed by atoms with van der Waals surface area (Å²) in [6.07, 6.45) is 2.13. The van der Waals surface area contributed by atoms with Crippen molar-refractivity contribution in [2.24, 2.45) is 4.40 Å². The fraction of sp³-hybridized carbons (Fsp3) is 0.188. The van der Waals surface area contributed by atoms with Gasteiger partial charge < -0.3 is 5.32 Å². The van der Waals surface area contributed by atoms with Crippen LogP contribution in [0.15, 0.2) is 45.7 Å². The van der Waals surface area contributed by atoms with Gasteiger partial charge >= 0.3 is 0 Å². The molecule has 1 aliphatic carbocycles. The van der Waals surface area contributed by atoms with Gasteiger partial charge in [-0.05, 0) is 53.6 Å². The summed E-state index contributed by atoms with van der Waals surface area (Å²) < 4.78 is 18.4. The van der Waals surface area contributed by atoms with Crippen LogP contribution in [0.2, 0.25) is 0 Å². The van der Waals surface area contributed by atoms with Crippen LogP contribution in [0.5, 0.6) is 0 Å². The fourth-order valence-corrected chi connectivity index (χ4v) is 3.55. The molecule has 0 atom stereocenters. The zero-order valence-corrected chi connectivity index (χ0v) is 12.6. The summed E-state index contributed by atoms with van der Waals surface area (Å²) in [7, 11) is 0. The second-order valence-electron chi connectivity index (χ2n) is 5.25. The molecule has 21 heavy (non-hydrogen) atoms. The van der Waals surface area contributed by atoms with E-state index >= 15 is 0 Å². The molecule has 4 rings (SSSR count). The molecule has 1 heterocycles. The van der Waals surface area contributed by atoms with Crippen molar-refractivity contribution in [2.75, 3.05) is 5.32 Å². The number of para-hydroxylation sites is 1. The highest BCUT2D eigenvalue weighted by Crippen LogP contribution is 2.48. The van der Waals surface area contributed by atoms with E-state index in [4.69, 9.17) is 11.6 Å². The van der Waals surface area contributed by atoms with E-state index in [2.05, 4.69) is 9.71 Å². The average Bonchev–Trinajstić information content (AvgIpc) is 3.31. The lowest BCUT2D eigenvalue weighted by Gasteiger charge is -2.19. The monoisotopic (exact) mass is 318 g/mol. The number of amidine groups is 1. The van der Waals surface area contributed by atoms with Gasteiger partial charge in [-0.1, -0.05) is 24.3 Å². The van der Waals surface area contributed by atoms with E-state index in [1.165, 1.54) is 11.9 Å². The smallest absolute Gasteiger partial charge is 0.207 e. The van der Waals surface area contributed by atoms with E-state index in [1.807, 2.05) is 24.3 Å². The van der Waals surface area contributed by atoms with E-state index in [-0.39, 0.29) is 5.82 Å². The second kappa shape index (κ2) is 5.04. The van der Waals surface area contributed by atoms with E-state index in [0.717, 1.165) is 40.1 Å². The first-order chi connectivity index (χ1) is 10.2. The molecule has 0 unspecified atom stereocenters. The maximum absolute atomic E-state index is 14.3. The SMILES string of the molecule is Fc1cccc(-c2cccc3c2NC(Cl)=NS3)c1C1CC1. The molecule has 2 aliphatic rings. The maximum Gasteiger partial charge on any atom is 0.207 e. The Morgan fingerprint density at radius 3 is 2.71 bits per heavy atom. The van der Waals surface area contributed by atoms with Gasteiger partial charge in [0.2, 0.25) is 5.29 Å². The number of hydrogen-bond acceptors (Lipinski definition) is 3. The van der Waals surface area contributed by atoms with Gasteiger partial charge in [0.05, 0.1) is 10.6 Å². The van der Waals surface area contributed by atoms with E-state index in [1.54, 1.807) is 12.1 Å². The number of nitrogens with one attached hydrogen (secondary N) is 1. The summed E-state index contributed by atoms with van der Waals surface area (Å²) >= 11 is 7.33. The van der Waals surface area contributed by atoms with Crippen LogP contribution in [0.3, 0.4) is 0 Å². The van der Waals surface area contributed by atoms with Gasteiger partial charge in [0, 0.05) is 17.5 Å². The normalized spacial score (nSPS) is 17.0. The van der Waals surface area contributed by atoms with Gasteiger partial charge in [-0.25, -0.2) is 4.39 Å². The van der Waals surface area contributed by atoms with E-state index < -0.39 is 0 Å². The Morgan fingerprint density at radius 2 is 1.90 bits per heavy atom. The van der Waals surface area contributed by atoms with Crippen molar-refractivity contribution in [1.82, 2.24) is 0 Å². The van der Waals surface area contributed by atoms with Crippen LogP contribution in [0, 0.1) is 5.82 Å². The van der Waals surface area contributed by atoms with Gasteiger partial charge in [0.15, 0.2) is 0 Å². The van der Waals surface area contributed by atoms with Crippen LogP contribution < -0.4 is 5.32 Å². The number of anilines is 1. The van der Waals surface area contributed by atoms with Crippen molar-refractivity contribution in [3.05, 3.63) is 47.8 Å². The highest BCUT2D eigenvalue weighted by Gasteiger charge is 2.30. The topological polar surface area (TPSA) is 24.4 Å². The molecule has 2 nitrogen and oxygen atoms in total. The molecule has 0 aromatic heterocycles. The maximum atomic E-state index is 14.3. The Kier molecular flexibility index (Phi) is 3.16. The van der Waals surface area contributed by atoms with Crippen LogP contribution in [0.4, 0.5) is 10.1 Å². The molecule has 106 valence electrons. The minimum atomic E-state index is -0.115. The molecule has 0 radical (unpaired) electrons. The Morgan fingerprint density at radius 1 is 1.14 bits per heavy atom. The molecule has 1 aliphatic heterocycles. The molecule has 0 bridgehead atoms. The molecule has 0 spiro atoms. The summed E-state index contributed by atoms with van der Waals surface area (Å²) in [4.78, 5) is 1.00. The summed E-state index contributed by atoms with van der Waals surface area (Å²) in [5, 5.41) is 3.46. The number of fused-ring (bicyclic) bond motifs is 1. The predicted octanol–water partition coefficient (Wildman–Crippen LogP) is 5.40. The zero-order valence-electron chi connectivity index (χ0n) is 11.1. The van der Waals surface area contributed by atoms with Crippen molar-refractivity contribution in [3.8, 4) is 11.1 Å². The number of benzene rings is 2. The Bertz CT molecular complexity index is 756. The van der Waals surface area contributed by atoms with Gasteiger partial charge in [0.1, 0.15) is 5.82 Å². The number of halogens is 2. The van der Waals surface area contributed by atoms with Crippen molar-refractivity contribution in [2.45, 2.75) is 23.7 Å². The van der Waals surface area contributed by atoms with Crippen LogP contribution in [0.25, 0.3) is 11.1 Å². The third-order valence-corrected chi connectivity index (χ3v) is 4.90. The lowest BCUT2D eigenvalue weighted by molar-refractivity contribution is 0.611. The quantitative estimate of drug-likeness (QED) is 0.592. The Labute approximate surface area is 131 Å². The first-order valence-electron chi connectivity index (χ1n) is 6.83. The molecular formula is C16H12ClFN2S. The van der Waals surface area contributed by atoms with Gasteiger partial charge in [0.25, 0.3) is 0 Å². The summed E-state index contributed by atoms with van der Waals surface area (Å²) in [6, 6.07) is 11.3. The van der Waals surface area contributed by atoms with Crippen LogP contribution >= 0.6 is 23.5 Å². The molecule has 2 aromatic carbocycles. The first-order valence-corrected chi connectivity index (χ1v) is 7.98.